The van der Waals surface area contributed by atoms with Gasteiger partial charge in [-0.1, -0.05) is 22.9 Å². The van der Waals surface area contributed by atoms with Crippen LogP contribution in [-0.2, 0) is 14.8 Å². The predicted molar refractivity (Wildman–Crippen MR) is 79.8 cm³/mol. The van der Waals surface area contributed by atoms with Gasteiger partial charge in [-0.25, -0.2) is 8.42 Å². The van der Waals surface area contributed by atoms with Gasteiger partial charge in [-0.2, -0.15) is 4.31 Å². The third-order valence-electron chi connectivity index (χ3n) is 3.63. The molecule has 0 bridgehead atoms. The van der Waals surface area contributed by atoms with Gasteiger partial charge in [-0.15, -0.1) is 0 Å². The molecule has 1 aromatic rings. The fourth-order valence-electron chi connectivity index (χ4n) is 2.42. The maximum atomic E-state index is 12.6. The minimum atomic E-state index is -4.14. The molecule has 1 fully saturated rings. The summed E-state index contributed by atoms with van der Waals surface area (Å²) in [6.45, 7) is 1.47. The first-order valence-electron chi connectivity index (χ1n) is 6.31. The maximum Gasteiger partial charge on any atom is 0.308 e. The van der Waals surface area contributed by atoms with E-state index in [1.807, 2.05) is 0 Å². The second-order valence-corrected chi connectivity index (χ2v) is 7.94. The Hall–Kier alpha value is -1.52. The zero-order valence-corrected chi connectivity index (χ0v) is 13.9. The first-order valence-corrected chi connectivity index (χ1v) is 8.54. The highest BCUT2D eigenvalue weighted by Gasteiger charge is 2.42. The molecule has 120 valence electrons. The van der Waals surface area contributed by atoms with Gasteiger partial charge in [0.25, 0.3) is 5.69 Å². The van der Waals surface area contributed by atoms with Crippen molar-refractivity contribution in [2.75, 3.05) is 13.1 Å². The third kappa shape index (κ3) is 2.99. The van der Waals surface area contributed by atoms with Crippen molar-refractivity contribution in [3.8, 4) is 0 Å². The van der Waals surface area contributed by atoms with Gasteiger partial charge < -0.3 is 5.11 Å². The van der Waals surface area contributed by atoms with E-state index in [-0.39, 0.29) is 19.0 Å². The Balaban J connectivity index is 2.46. The van der Waals surface area contributed by atoms with E-state index in [4.69, 9.17) is 5.11 Å². The van der Waals surface area contributed by atoms with E-state index in [2.05, 4.69) is 15.9 Å². The van der Waals surface area contributed by atoms with E-state index in [0.29, 0.717) is 4.47 Å². The van der Waals surface area contributed by atoms with Gasteiger partial charge in [-0.3, -0.25) is 14.9 Å². The topological polar surface area (TPSA) is 118 Å². The number of sulfonamides is 1. The minimum absolute atomic E-state index is 0.0168. The lowest BCUT2D eigenvalue weighted by Crippen LogP contribution is -2.30. The van der Waals surface area contributed by atoms with E-state index in [0.717, 1.165) is 16.4 Å². The van der Waals surface area contributed by atoms with Gasteiger partial charge in [0, 0.05) is 23.6 Å². The van der Waals surface area contributed by atoms with Crippen LogP contribution in [-0.4, -0.2) is 41.8 Å². The molecule has 1 saturated heterocycles. The fourth-order valence-corrected chi connectivity index (χ4v) is 4.69. The summed E-state index contributed by atoms with van der Waals surface area (Å²) in [5.41, 5.74) is -0.533. The molecule has 1 N–H and O–H groups in total. The van der Waals surface area contributed by atoms with Crippen molar-refractivity contribution in [2.24, 2.45) is 11.8 Å². The second-order valence-electron chi connectivity index (χ2n) is 5.11. The Labute approximate surface area is 135 Å². The first kappa shape index (κ1) is 16.8. The molecule has 8 nitrogen and oxygen atoms in total. The number of hydrogen-bond donors (Lipinski definition) is 1. The van der Waals surface area contributed by atoms with Crippen LogP contribution < -0.4 is 0 Å². The molecule has 2 atom stereocenters. The van der Waals surface area contributed by atoms with Gasteiger partial charge in [0.15, 0.2) is 4.90 Å². The number of carboxylic acid groups (broad SMARTS) is 1. The molecule has 0 aliphatic carbocycles. The SMILES string of the molecule is C[C@@H]1CN(S(=O)(=O)c2cc(Br)ccc2[N+](=O)[O-])C[C@H]1C(=O)O. The maximum absolute atomic E-state index is 12.6. The smallest absolute Gasteiger partial charge is 0.308 e. The van der Waals surface area contributed by atoms with E-state index in [1.54, 1.807) is 6.92 Å². The zero-order chi connectivity index (χ0) is 16.7. The van der Waals surface area contributed by atoms with Crippen LogP contribution in [0.3, 0.4) is 0 Å². The normalized spacial score (nSPS) is 22.6. The van der Waals surface area contributed by atoms with Crippen LogP contribution in [0.4, 0.5) is 5.69 Å². The number of carboxylic acids is 1. The highest BCUT2D eigenvalue weighted by molar-refractivity contribution is 9.10. The number of rotatable bonds is 4. The van der Waals surface area contributed by atoms with Gasteiger partial charge in [0.05, 0.1) is 10.8 Å². The molecule has 0 radical (unpaired) electrons. The Morgan fingerprint density at radius 3 is 2.59 bits per heavy atom. The Kier molecular flexibility index (Phi) is 4.54. The molecular formula is C12H13BrN2O6S. The average Bonchev–Trinajstić information content (AvgIpc) is 2.81. The van der Waals surface area contributed by atoms with Crippen LogP contribution in [0.1, 0.15) is 6.92 Å². The Morgan fingerprint density at radius 2 is 2.09 bits per heavy atom. The fraction of sp³-hybridized carbons (Fsp3) is 0.417. The molecule has 0 spiro atoms. The number of halogens is 1. The number of aliphatic carboxylic acids is 1. The Bertz CT molecular complexity index is 735. The van der Waals surface area contributed by atoms with Crippen LogP contribution in [0.5, 0.6) is 0 Å². The molecule has 2 rings (SSSR count). The first-order chi connectivity index (χ1) is 10.1. The number of nitro benzene ring substituents is 1. The standard InChI is InChI=1S/C12H13BrN2O6S/c1-7-5-14(6-9(7)12(16)17)22(20,21)11-4-8(13)2-3-10(11)15(18)19/h2-4,7,9H,5-6H2,1H3,(H,16,17)/t7-,9-/m1/s1. The van der Waals surface area contributed by atoms with Gasteiger partial charge >= 0.3 is 5.97 Å². The van der Waals surface area contributed by atoms with Crippen LogP contribution in [0, 0.1) is 22.0 Å². The van der Waals surface area contributed by atoms with Crippen molar-refractivity contribution >= 4 is 37.6 Å². The largest absolute Gasteiger partial charge is 0.481 e. The third-order valence-corrected chi connectivity index (χ3v) is 5.99. The highest BCUT2D eigenvalue weighted by Crippen LogP contribution is 2.34. The van der Waals surface area contributed by atoms with Crippen molar-refractivity contribution < 1.29 is 23.2 Å². The Morgan fingerprint density at radius 1 is 1.45 bits per heavy atom. The molecule has 1 heterocycles. The van der Waals surface area contributed by atoms with Gasteiger partial charge in [0.2, 0.25) is 10.0 Å². The van der Waals surface area contributed by atoms with Crippen LogP contribution >= 0.6 is 15.9 Å². The lowest BCUT2D eigenvalue weighted by Gasteiger charge is -2.16. The predicted octanol–water partition coefficient (Wildman–Crippen LogP) is 1.70. The molecule has 1 aliphatic rings. The lowest BCUT2D eigenvalue weighted by atomic mass is 9.99. The summed E-state index contributed by atoms with van der Waals surface area (Å²) in [5, 5.41) is 20.1. The molecular weight excluding hydrogens is 380 g/mol. The van der Waals surface area contributed by atoms with Crippen molar-refractivity contribution in [3.63, 3.8) is 0 Å². The summed E-state index contributed by atoms with van der Waals surface area (Å²) in [6, 6.07) is 3.64. The van der Waals surface area contributed by atoms with Crippen molar-refractivity contribution in [3.05, 3.63) is 32.8 Å². The number of carbonyl (C=O) groups is 1. The van der Waals surface area contributed by atoms with Crippen LogP contribution in [0.15, 0.2) is 27.6 Å². The number of benzene rings is 1. The summed E-state index contributed by atoms with van der Waals surface area (Å²) >= 11 is 3.09. The van der Waals surface area contributed by atoms with Crippen LogP contribution in [0.25, 0.3) is 0 Å². The monoisotopic (exact) mass is 392 g/mol. The molecule has 0 amide bonds. The summed E-state index contributed by atoms with van der Waals surface area (Å²) in [6.07, 6.45) is 0. The van der Waals surface area contributed by atoms with E-state index >= 15 is 0 Å². The van der Waals surface area contributed by atoms with Crippen LogP contribution in [0.2, 0.25) is 0 Å². The zero-order valence-electron chi connectivity index (χ0n) is 11.5. The van der Waals surface area contributed by atoms with E-state index < -0.39 is 37.4 Å². The molecule has 1 aliphatic heterocycles. The average molecular weight is 393 g/mol. The molecule has 0 aromatic heterocycles. The number of nitro groups is 1. The number of nitrogens with zero attached hydrogens (tertiary/aromatic N) is 2. The lowest BCUT2D eigenvalue weighted by molar-refractivity contribution is -0.387. The molecule has 22 heavy (non-hydrogen) atoms. The molecule has 0 unspecified atom stereocenters. The van der Waals surface area contributed by atoms with Gasteiger partial charge in [0.1, 0.15) is 0 Å². The van der Waals surface area contributed by atoms with Crippen molar-refractivity contribution in [1.82, 2.24) is 4.31 Å². The summed E-state index contributed by atoms with van der Waals surface area (Å²) < 4.78 is 26.6. The summed E-state index contributed by atoms with van der Waals surface area (Å²) in [5.74, 6) is -2.26. The summed E-state index contributed by atoms with van der Waals surface area (Å²) in [4.78, 5) is 20.9. The summed E-state index contributed by atoms with van der Waals surface area (Å²) in [7, 11) is -4.14. The molecule has 0 saturated carbocycles. The van der Waals surface area contributed by atoms with Crippen molar-refractivity contribution in [2.45, 2.75) is 11.8 Å². The quantitative estimate of drug-likeness (QED) is 0.615. The van der Waals surface area contributed by atoms with E-state index in [1.165, 1.54) is 6.07 Å². The molecule has 10 heteroatoms. The van der Waals surface area contributed by atoms with Crippen molar-refractivity contribution in [1.29, 1.82) is 0 Å². The molecule has 1 aromatic carbocycles. The van der Waals surface area contributed by atoms with Gasteiger partial charge in [-0.05, 0) is 18.1 Å². The number of hydrogen-bond acceptors (Lipinski definition) is 5. The second kappa shape index (κ2) is 5.94. The highest BCUT2D eigenvalue weighted by atomic mass is 79.9. The van der Waals surface area contributed by atoms with E-state index in [9.17, 15) is 23.3 Å². The minimum Gasteiger partial charge on any atom is -0.481 e.